The molecule has 0 aliphatic carbocycles. The lowest BCUT2D eigenvalue weighted by atomic mass is 10.2. The Morgan fingerprint density at radius 3 is 2.67 bits per heavy atom. The third-order valence-electron chi connectivity index (χ3n) is 1.56. The minimum atomic E-state index is -1.18. The molecule has 1 rings (SSSR count). The molecular weight excluding hydrogens is 198 g/mol. The summed E-state index contributed by atoms with van der Waals surface area (Å²) in [7, 11) is 0. The highest BCUT2D eigenvalue weighted by Gasteiger charge is 2.13. The van der Waals surface area contributed by atoms with E-state index in [9.17, 15) is 9.59 Å². The van der Waals surface area contributed by atoms with Gasteiger partial charge in [-0.15, -0.1) is 0 Å². The van der Waals surface area contributed by atoms with Crippen molar-refractivity contribution >= 4 is 11.9 Å². The third kappa shape index (κ3) is 2.81. The number of hydrogen-bond acceptors (Lipinski definition) is 4. The summed E-state index contributed by atoms with van der Waals surface area (Å²) in [6, 6.07) is 7.35. The summed E-state index contributed by atoms with van der Waals surface area (Å²) in [4.78, 5) is 21.7. The molecule has 76 valence electrons. The molecule has 0 saturated heterocycles. The highest BCUT2D eigenvalue weighted by molar-refractivity contribution is 5.92. The summed E-state index contributed by atoms with van der Waals surface area (Å²) in [5.41, 5.74) is -0.108. The first-order chi connectivity index (χ1) is 7.15. The van der Waals surface area contributed by atoms with Gasteiger partial charge in [0.1, 0.15) is 17.7 Å². The van der Waals surface area contributed by atoms with Crippen LogP contribution in [0.1, 0.15) is 16.8 Å². The Balaban J connectivity index is 2.90. The molecule has 0 amide bonds. The molecule has 5 heteroatoms. The van der Waals surface area contributed by atoms with Crippen LogP contribution >= 0.6 is 0 Å². The normalized spacial score (nSPS) is 9.00. The molecule has 0 radical (unpaired) electrons. The first-order valence-corrected chi connectivity index (χ1v) is 4.05. The minimum Gasteiger partial charge on any atom is -0.478 e. The molecule has 0 bridgehead atoms. The number of esters is 1. The highest BCUT2D eigenvalue weighted by Crippen LogP contribution is 2.18. The van der Waals surface area contributed by atoms with Crippen molar-refractivity contribution in [3.63, 3.8) is 0 Å². The molecule has 0 unspecified atom stereocenters. The SMILES string of the molecule is N#CCC(=O)Oc1ccccc1C(=O)O. The van der Waals surface area contributed by atoms with Crippen molar-refractivity contribution in [1.82, 2.24) is 0 Å². The topological polar surface area (TPSA) is 87.4 Å². The fourth-order valence-corrected chi connectivity index (χ4v) is 0.956. The number of hydrogen-bond donors (Lipinski definition) is 1. The van der Waals surface area contributed by atoms with Crippen LogP contribution in [0.15, 0.2) is 24.3 Å². The standard InChI is InChI=1S/C10H7NO4/c11-6-5-9(12)15-8-4-2-1-3-7(8)10(13)14/h1-4H,5H2,(H,13,14). The van der Waals surface area contributed by atoms with Crippen molar-refractivity contribution < 1.29 is 19.4 Å². The van der Waals surface area contributed by atoms with Gasteiger partial charge >= 0.3 is 11.9 Å². The van der Waals surface area contributed by atoms with E-state index in [-0.39, 0.29) is 11.3 Å². The maximum atomic E-state index is 10.9. The lowest BCUT2D eigenvalue weighted by molar-refractivity contribution is -0.133. The summed E-state index contributed by atoms with van der Waals surface area (Å²) in [6.07, 6.45) is -0.409. The molecule has 0 spiro atoms. The van der Waals surface area contributed by atoms with Gasteiger partial charge < -0.3 is 9.84 Å². The Labute approximate surface area is 85.5 Å². The van der Waals surface area contributed by atoms with Gasteiger partial charge in [0.25, 0.3) is 0 Å². The van der Waals surface area contributed by atoms with E-state index in [0.29, 0.717) is 0 Å². The summed E-state index contributed by atoms with van der Waals surface area (Å²) in [5.74, 6) is -2.01. The van der Waals surface area contributed by atoms with Crippen LogP contribution in [-0.4, -0.2) is 17.0 Å². The number of carbonyl (C=O) groups excluding carboxylic acids is 1. The van der Waals surface area contributed by atoms with Crippen LogP contribution in [0.25, 0.3) is 0 Å². The molecule has 0 atom stereocenters. The number of nitriles is 1. The lowest BCUT2D eigenvalue weighted by Crippen LogP contribution is -2.09. The first kappa shape index (κ1) is 10.7. The van der Waals surface area contributed by atoms with Gasteiger partial charge in [0.05, 0.1) is 6.07 Å². The molecule has 1 N–H and O–H groups in total. The van der Waals surface area contributed by atoms with E-state index in [1.54, 1.807) is 12.1 Å². The van der Waals surface area contributed by atoms with Gasteiger partial charge in [-0.3, -0.25) is 4.79 Å². The largest absolute Gasteiger partial charge is 0.478 e. The number of para-hydroxylation sites is 1. The first-order valence-electron chi connectivity index (χ1n) is 4.05. The van der Waals surface area contributed by atoms with E-state index in [1.807, 2.05) is 0 Å². The van der Waals surface area contributed by atoms with E-state index >= 15 is 0 Å². The number of carboxylic acid groups (broad SMARTS) is 1. The van der Waals surface area contributed by atoms with Crippen molar-refractivity contribution in [2.45, 2.75) is 6.42 Å². The number of rotatable bonds is 3. The van der Waals surface area contributed by atoms with Gasteiger partial charge in [0.2, 0.25) is 0 Å². The molecule has 15 heavy (non-hydrogen) atoms. The lowest BCUT2D eigenvalue weighted by Gasteiger charge is -2.04. The molecule has 0 aliphatic rings. The van der Waals surface area contributed by atoms with Crippen LogP contribution in [0.3, 0.4) is 0 Å². The zero-order valence-electron chi connectivity index (χ0n) is 7.64. The number of ether oxygens (including phenoxy) is 1. The second-order valence-corrected chi connectivity index (χ2v) is 2.61. The van der Waals surface area contributed by atoms with Gasteiger partial charge in [0, 0.05) is 0 Å². The fourth-order valence-electron chi connectivity index (χ4n) is 0.956. The van der Waals surface area contributed by atoms with E-state index < -0.39 is 18.4 Å². The monoisotopic (exact) mass is 205 g/mol. The molecule has 1 aromatic rings. The number of carboxylic acids is 1. The number of nitrogens with zero attached hydrogens (tertiary/aromatic N) is 1. The Morgan fingerprint density at radius 2 is 2.07 bits per heavy atom. The molecule has 0 fully saturated rings. The van der Waals surface area contributed by atoms with Gasteiger partial charge in [-0.05, 0) is 12.1 Å². The van der Waals surface area contributed by atoms with Crippen LogP contribution in [0.4, 0.5) is 0 Å². The summed E-state index contributed by atoms with van der Waals surface area (Å²) in [5, 5.41) is 17.0. The average molecular weight is 205 g/mol. The maximum absolute atomic E-state index is 10.9. The summed E-state index contributed by atoms with van der Waals surface area (Å²) < 4.78 is 4.70. The van der Waals surface area contributed by atoms with Gasteiger partial charge in [-0.2, -0.15) is 5.26 Å². The molecule has 0 aromatic heterocycles. The van der Waals surface area contributed by atoms with Crippen LogP contribution in [0, 0.1) is 11.3 Å². The Morgan fingerprint density at radius 1 is 1.40 bits per heavy atom. The van der Waals surface area contributed by atoms with Crippen molar-refractivity contribution in [2.75, 3.05) is 0 Å². The Bertz CT molecular complexity index is 433. The summed E-state index contributed by atoms with van der Waals surface area (Å²) in [6.45, 7) is 0. The zero-order chi connectivity index (χ0) is 11.3. The predicted molar refractivity (Wildman–Crippen MR) is 49.3 cm³/mol. The second kappa shape index (κ2) is 4.77. The van der Waals surface area contributed by atoms with Crippen molar-refractivity contribution in [3.8, 4) is 11.8 Å². The molecular formula is C10H7NO4. The van der Waals surface area contributed by atoms with Gasteiger partial charge in [0.15, 0.2) is 0 Å². The number of aromatic carboxylic acids is 1. The minimum absolute atomic E-state index is 0.0507. The smallest absolute Gasteiger partial charge is 0.339 e. The predicted octanol–water partition coefficient (Wildman–Crippen LogP) is 1.20. The highest BCUT2D eigenvalue weighted by atomic mass is 16.5. The van der Waals surface area contributed by atoms with Crippen LogP contribution < -0.4 is 4.74 Å². The van der Waals surface area contributed by atoms with Gasteiger partial charge in [-0.25, -0.2) is 4.79 Å². The molecule has 5 nitrogen and oxygen atoms in total. The van der Waals surface area contributed by atoms with Crippen molar-refractivity contribution in [1.29, 1.82) is 5.26 Å². The molecule has 0 saturated carbocycles. The van der Waals surface area contributed by atoms with Crippen LogP contribution in [0.5, 0.6) is 5.75 Å². The third-order valence-corrected chi connectivity index (χ3v) is 1.56. The molecule has 0 aliphatic heterocycles. The quantitative estimate of drug-likeness (QED) is 0.591. The second-order valence-electron chi connectivity index (χ2n) is 2.61. The molecule has 1 aromatic carbocycles. The zero-order valence-corrected chi connectivity index (χ0v) is 7.64. The molecule has 0 heterocycles. The number of carbonyl (C=O) groups is 2. The Kier molecular flexibility index (Phi) is 3.41. The fraction of sp³-hybridized carbons (Fsp3) is 0.100. The average Bonchev–Trinajstić information content (AvgIpc) is 2.18. The van der Waals surface area contributed by atoms with Crippen molar-refractivity contribution in [2.24, 2.45) is 0 Å². The van der Waals surface area contributed by atoms with Gasteiger partial charge in [-0.1, -0.05) is 12.1 Å². The van der Waals surface area contributed by atoms with Crippen LogP contribution in [0.2, 0.25) is 0 Å². The maximum Gasteiger partial charge on any atom is 0.339 e. The van der Waals surface area contributed by atoms with Crippen LogP contribution in [-0.2, 0) is 4.79 Å². The number of benzene rings is 1. The Hall–Kier alpha value is -2.35. The van der Waals surface area contributed by atoms with E-state index in [2.05, 4.69) is 0 Å². The summed E-state index contributed by atoms with van der Waals surface area (Å²) >= 11 is 0. The van der Waals surface area contributed by atoms with E-state index in [0.717, 1.165) is 0 Å². The van der Waals surface area contributed by atoms with E-state index in [1.165, 1.54) is 18.2 Å². The van der Waals surface area contributed by atoms with Crippen molar-refractivity contribution in [3.05, 3.63) is 29.8 Å². The van der Waals surface area contributed by atoms with E-state index in [4.69, 9.17) is 15.1 Å².